The number of fused-ring (bicyclic) bond motifs is 1. The zero-order valence-corrected chi connectivity index (χ0v) is 13.8. The molecule has 0 aliphatic carbocycles. The second-order valence-electron chi connectivity index (χ2n) is 5.48. The van der Waals surface area contributed by atoms with Gasteiger partial charge in [0.15, 0.2) is 5.82 Å². The zero-order chi connectivity index (χ0) is 16.9. The highest BCUT2D eigenvalue weighted by molar-refractivity contribution is 5.88. The molecule has 0 aliphatic heterocycles. The van der Waals surface area contributed by atoms with E-state index < -0.39 is 0 Å². The summed E-state index contributed by atoms with van der Waals surface area (Å²) in [6.45, 7) is 3.09. The van der Waals surface area contributed by atoms with Crippen LogP contribution >= 0.6 is 0 Å². The molecule has 0 spiro atoms. The number of aromatic nitrogens is 3. The number of amides is 1. The van der Waals surface area contributed by atoms with Crippen molar-refractivity contribution in [2.75, 3.05) is 13.7 Å². The number of methoxy groups -OCH3 is 1. The molecule has 3 rings (SSSR count). The van der Waals surface area contributed by atoms with Crippen molar-refractivity contribution in [1.29, 1.82) is 0 Å². The van der Waals surface area contributed by atoms with Crippen molar-refractivity contribution < 1.29 is 14.1 Å². The maximum Gasteiger partial charge on any atom is 0.246 e. The molecular formula is C17H20N4O3. The molecule has 0 bridgehead atoms. The minimum atomic E-state index is 0.0220. The van der Waals surface area contributed by atoms with Gasteiger partial charge in [-0.3, -0.25) is 4.79 Å². The Kier molecular flexibility index (Phi) is 4.90. The lowest BCUT2D eigenvalue weighted by Crippen LogP contribution is -2.31. The van der Waals surface area contributed by atoms with Gasteiger partial charge in [-0.25, -0.2) is 0 Å². The molecule has 0 atom stereocenters. The first-order valence-electron chi connectivity index (χ1n) is 7.84. The van der Waals surface area contributed by atoms with Gasteiger partial charge < -0.3 is 19.1 Å². The summed E-state index contributed by atoms with van der Waals surface area (Å²) in [6.07, 6.45) is 2.22. The summed E-state index contributed by atoms with van der Waals surface area (Å²) >= 11 is 0. The Bertz CT molecular complexity index is 824. The van der Waals surface area contributed by atoms with Crippen LogP contribution in [0.2, 0.25) is 0 Å². The van der Waals surface area contributed by atoms with E-state index in [0.717, 1.165) is 16.5 Å². The van der Waals surface area contributed by atoms with Crippen molar-refractivity contribution >= 4 is 16.8 Å². The molecule has 1 amide bonds. The van der Waals surface area contributed by atoms with Gasteiger partial charge in [0.2, 0.25) is 11.8 Å². The van der Waals surface area contributed by atoms with Crippen LogP contribution in [-0.2, 0) is 29.1 Å². The van der Waals surface area contributed by atoms with Gasteiger partial charge in [-0.15, -0.1) is 0 Å². The van der Waals surface area contributed by atoms with Crippen LogP contribution in [-0.4, -0.2) is 39.6 Å². The highest BCUT2D eigenvalue weighted by atomic mass is 16.5. The number of H-pyrrole nitrogens is 1. The largest absolute Gasteiger partial charge is 0.377 e. The number of nitrogens with zero attached hydrogens (tertiary/aromatic N) is 3. The van der Waals surface area contributed by atoms with Crippen LogP contribution in [0.15, 0.2) is 35.0 Å². The monoisotopic (exact) mass is 328 g/mol. The van der Waals surface area contributed by atoms with Crippen LogP contribution in [0.1, 0.15) is 24.2 Å². The van der Waals surface area contributed by atoms with E-state index in [-0.39, 0.29) is 5.91 Å². The van der Waals surface area contributed by atoms with E-state index in [1.54, 1.807) is 12.0 Å². The first-order chi connectivity index (χ1) is 11.7. The summed E-state index contributed by atoms with van der Waals surface area (Å²) < 4.78 is 10.1. The molecule has 2 heterocycles. The molecule has 0 saturated carbocycles. The van der Waals surface area contributed by atoms with Crippen molar-refractivity contribution in [2.24, 2.45) is 0 Å². The number of aromatic amines is 1. The number of para-hydroxylation sites is 1. The summed E-state index contributed by atoms with van der Waals surface area (Å²) in [5.41, 5.74) is 2.02. The molecule has 7 heteroatoms. The summed E-state index contributed by atoms with van der Waals surface area (Å²) in [5, 5.41) is 4.89. The highest BCUT2D eigenvalue weighted by Gasteiger charge is 2.18. The Morgan fingerprint density at radius 2 is 2.21 bits per heavy atom. The van der Waals surface area contributed by atoms with E-state index >= 15 is 0 Å². The minimum absolute atomic E-state index is 0.0220. The molecule has 2 aromatic heterocycles. The van der Waals surface area contributed by atoms with Gasteiger partial charge >= 0.3 is 0 Å². The van der Waals surface area contributed by atoms with Crippen molar-refractivity contribution in [3.8, 4) is 0 Å². The molecule has 0 radical (unpaired) electrons. The lowest BCUT2D eigenvalue weighted by molar-refractivity contribution is -0.131. The van der Waals surface area contributed by atoms with Gasteiger partial charge in [0.05, 0.1) is 13.0 Å². The molecule has 0 unspecified atom stereocenters. The SMILES string of the molecule is CCN(Cc1nc(COC)no1)C(=O)Cc1c[nH]c2ccccc12. The maximum atomic E-state index is 12.6. The number of hydrogen-bond donors (Lipinski definition) is 1. The molecule has 0 saturated heterocycles. The molecule has 3 aromatic rings. The third-order valence-corrected chi connectivity index (χ3v) is 3.86. The smallest absolute Gasteiger partial charge is 0.246 e. The number of carbonyl (C=O) groups excluding carboxylic acids is 1. The van der Waals surface area contributed by atoms with Crippen LogP contribution in [0.5, 0.6) is 0 Å². The van der Waals surface area contributed by atoms with E-state index in [1.807, 2.05) is 37.4 Å². The highest BCUT2D eigenvalue weighted by Crippen LogP contribution is 2.19. The molecule has 126 valence electrons. The van der Waals surface area contributed by atoms with Crippen LogP contribution in [0, 0.1) is 0 Å². The molecule has 24 heavy (non-hydrogen) atoms. The fourth-order valence-corrected chi connectivity index (χ4v) is 2.63. The molecular weight excluding hydrogens is 308 g/mol. The number of likely N-dealkylation sites (N-methyl/N-ethyl adjacent to an activating group) is 1. The second-order valence-corrected chi connectivity index (χ2v) is 5.48. The second kappa shape index (κ2) is 7.27. The summed E-state index contributed by atoms with van der Waals surface area (Å²) in [7, 11) is 1.57. The summed E-state index contributed by atoms with van der Waals surface area (Å²) in [6, 6.07) is 7.95. The van der Waals surface area contributed by atoms with E-state index in [0.29, 0.717) is 37.8 Å². The van der Waals surface area contributed by atoms with E-state index in [2.05, 4.69) is 15.1 Å². The average molecular weight is 328 g/mol. The number of hydrogen-bond acceptors (Lipinski definition) is 5. The number of carbonyl (C=O) groups is 1. The van der Waals surface area contributed by atoms with Crippen LogP contribution in [0.4, 0.5) is 0 Å². The topological polar surface area (TPSA) is 84.2 Å². The van der Waals surface area contributed by atoms with Crippen molar-refractivity contribution in [2.45, 2.75) is 26.5 Å². The van der Waals surface area contributed by atoms with Crippen LogP contribution in [0.25, 0.3) is 10.9 Å². The third-order valence-electron chi connectivity index (χ3n) is 3.86. The average Bonchev–Trinajstić information content (AvgIpc) is 3.20. The minimum Gasteiger partial charge on any atom is -0.377 e. The fourth-order valence-electron chi connectivity index (χ4n) is 2.63. The van der Waals surface area contributed by atoms with Crippen molar-refractivity contribution in [3.05, 3.63) is 47.7 Å². The van der Waals surface area contributed by atoms with Crippen LogP contribution in [0.3, 0.4) is 0 Å². The number of ether oxygens (including phenoxy) is 1. The molecule has 1 aromatic carbocycles. The quantitative estimate of drug-likeness (QED) is 0.719. The number of rotatable bonds is 7. The lowest BCUT2D eigenvalue weighted by atomic mass is 10.1. The van der Waals surface area contributed by atoms with Gasteiger partial charge in [-0.1, -0.05) is 23.4 Å². The lowest BCUT2D eigenvalue weighted by Gasteiger charge is -2.18. The van der Waals surface area contributed by atoms with Crippen LogP contribution < -0.4 is 0 Å². The van der Waals surface area contributed by atoms with Gasteiger partial charge in [-0.05, 0) is 18.6 Å². The molecule has 1 N–H and O–H groups in total. The predicted octanol–water partition coefficient (Wildman–Crippen LogP) is 2.29. The molecule has 0 aliphatic rings. The van der Waals surface area contributed by atoms with Gasteiger partial charge in [0.1, 0.15) is 6.61 Å². The normalized spacial score (nSPS) is 11.1. The van der Waals surface area contributed by atoms with Gasteiger partial charge in [0.25, 0.3) is 0 Å². The summed E-state index contributed by atoms with van der Waals surface area (Å²) in [5.74, 6) is 0.914. The Morgan fingerprint density at radius 1 is 1.38 bits per heavy atom. The molecule has 0 fully saturated rings. The Balaban J connectivity index is 1.69. The first-order valence-corrected chi connectivity index (χ1v) is 7.84. The Hall–Kier alpha value is -2.67. The van der Waals surface area contributed by atoms with Gasteiger partial charge in [0, 0.05) is 30.8 Å². The Morgan fingerprint density at radius 3 is 3.00 bits per heavy atom. The Labute approximate surface area is 139 Å². The maximum absolute atomic E-state index is 12.6. The summed E-state index contributed by atoms with van der Waals surface area (Å²) in [4.78, 5) is 21.7. The van der Waals surface area contributed by atoms with Crippen molar-refractivity contribution in [3.63, 3.8) is 0 Å². The fraction of sp³-hybridized carbons (Fsp3) is 0.353. The van der Waals surface area contributed by atoms with E-state index in [1.165, 1.54) is 0 Å². The van der Waals surface area contributed by atoms with E-state index in [9.17, 15) is 4.79 Å². The third kappa shape index (κ3) is 3.46. The molecule has 7 nitrogen and oxygen atoms in total. The predicted molar refractivity (Wildman–Crippen MR) is 88.1 cm³/mol. The van der Waals surface area contributed by atoms with E-state index in [4.69, 9.17) is 9.26 Å². The standard InChI is InChI=1S/C17H20N4O3/c1-3-21(10-16-19-15(11-23-2)20-24-16)17(22)8-12-9-18-14-7-5-4-6-13(12)14/h4-7,9,18H,3,8,10-11H2,1-2H3. The number of nitrogens with one attached hydrogen (secondary N) is 1. The zero-order valence-electron chi connectivity index (χ0n) is 13.8. The van der Waals surface area contributed by atoms with Gasteiger partial charge in [-0.2, -0.15) is 4.98 Å². The number of benzene rings is 1. The van der Waals surface area contributed by atoms with Crippen molar-refractivity contribution in [1.82, 2.24) is 20.0 Å². The first kappa shape index (κ1) is 16.2.